The summed E-state index contributed by atoms with van der Waals surface area (Å²) in [6.07, 6.45) is 2.07. The van der Waals surface area contributed by atoms with Crippen molar-refractivity contribution in [3.8, 4) is 5.75 Å². The second-order valence-electron chi connectivity index (χ2n) is 4.55. The molecule has 0 unspecified atom stereocenters. The van der Waals surface area contributed by atoms with Gasteiger partial charge < -0.3 is 10.1 Å². The van der Waals surface area contributed by atoms with E-state index in [1.54, 1.807) is 7.11 Å². The van der Waals surface area contributed by atoms with Crippen molar-refractivity contribution in [2.24, 2.45) is 0 Å². The van der Waals surface area contributed by atoms with Crippen molar-refractivity contribution in [2.75, 3.05) is 20.2 Å². The van der Waals surface area contributed by atoms with Crippen LogP contribution < -0.4 is 10.1 Å². The SMILES string of the molecule is COc1ccccc1CCNCCc1ccccc1. The van der Waals surface area contributed by atoms with Crippen molar-refractivity contribution >= 4 is 0 Å². The van der Waals surface area contributed by atoms with E-state index in [1.165, 1.54) is 11.1 Å². The minimum atomic E-state index is 0.979. The first-order valence-electron chi connectivity index (χ1n) is 6.76. The van der Waals surface area contributed by atoms with E-state index in [2.05, 4.69) is 47.8 Å². The number of para-hydroxylation sites is 1. The molecule has 0 saturated carbocycles. The third kappa shape index (κ3) is 4.42. The van der Waals surface area contributed by atoms with Gasteiger partial charge in [0.1, 0.15) is 5.75 Å². The second-order valence-corrected chi connectivity index (χ2v) is 4.55. The van der Waals surface area contributed by atoms with Crippen LogP contribution in [0.4, 0.5) is 0 Å². The van der Waals surface area contributed by atoms with E-state index in [9.17, 15) is 0 Å². The third-order valence-electron chi connectivity index (χ3n) is 3.20. The highest BCUT2D eigenvalue weighted by Gasteiger charge is 2.00. The molecular formula is C17H21NO. The van der Waals surface area contributed by atoms with Crippen LogP contribution in [0.25, 0.3) is 0 Å². The second kappa shape index (κ2) is 7.59. The average molecular weight is 255 g/mol. The molecule has 0 radical (unpaired) electrons. The molecule has 2 aromatic rings. The van der Waals surface area contributed by atoms with Crippen LogP contribution in [0.2, 0.25) is 0 Å². The van der Waals surface area contributed by atoms with E-state index >= 15 is 0 Å². The first-order valence-corrected chi connectivity index (χ1v) is 6.76. The lowest BCUT2D eigenvalue weighted by Gasteiger charge is -2.09. The number of hydrogen-bond acceptors (Lipinski definition) is 2. The van der Waals surface area contributed by atoms with Crippen LogP contribution in [0.5, 0.6) is 5.75 Å². The van der Waals surface area contributed by atoms with Crippen molar-refractivity contribution < 1.29 is 4.74 Å². The normalized spacial score (nSPS) is 10.4. The highest BCUT2D eigenvalue weighted by Crippen LogP contribution is 2.17. The van der Waals surface area contributed by atoms with Crippen LogP contribution in [0, 0.1) is 0 Å². The Kier molecular flexibility index (Phi) is 5.45. The van der Waals surface area contributed by atoms with Gasteiger partial charge in [-0.2, -0.15) is 0 Å². The molecule has 1 N–H and O–H groups in total. The topological polar surface area (TPSA) is 21.3 Å². The smallest absolute Gasteiger partial charge is 0.122 e. The van der Waals surface area contributed by atoms with Crippen molar-refractivity contribution in [3.05, 3.63) is 65.7 Å². The molecule has 2 aromatic carbocycles. The molecule has 2 nitrogen and oxygen atoms in total. The summed E-state index contributed by atoms with van der Waals surface area (Å²) in [6, 6.07) is 18.8. The van der Waals surface area contributed by atoms with Crippen molar-refractivity contribution in [3.63, 3.8) is 0 Å². The van der Waals surface area contributed by atoms with Gasteiger partial charge in [-0.15, -0.1) is 0 Å². The summed E-state index contributed by atoms with van der Waals surface area (Å²) in [4.78, 5) is 0. The zero-order chi connectivity index (χ0) is 13.3. The highest BCUT2D eigenvalue weighted by atomic mass is 16.5. The lowest BCUT2D eigenvalue weighted by molar-refractivity contribution is 0.409. The molecule has 0 spiro atoms. The summed E-state index contributed by atoms with van der Waals surface area (Å²) in [6.45, 7) is 1.99. The van der Waals surface area contributed by atoms with Crippen molar-refractivity contribution in [1.29, 1.82) is 0 Å². The van der Waals surface area contributed by atoms with Gasteiger partial charge in [-0.05, 0) is 43.1 Å². The molecule has 100 valence electrons. The number of ether oxygens (including phenoxy) is 1. The molecule has 19 heavy (non-hydrogen) atoms. The van der Waals surface area contributed by atoms with Crippen LogP contribution in [0.3, 0.4) is 0 Å². The van der Waals surface area contributed by atoms with Gasteiger partial charge in [-0.25, -0.2) is 0 Å². The molecule has 2 rings (SSSR count). The minimum Gasteiger partial charge on any atom is -0.496 e. The fraction of sp³-hybridized carbons (Fsp3) is 0.294. The number of rotatable bonds is 7. The Morgan fingerprint density at radius 3 is 2.32 bits per heavy atom. The number of hydrogen-bond donors (Lipinski definition) is 1. The molecule has 0 atom stereocenters. The van der Waals surface area contributed by atoms with Crippen LogP contribution in [0.15, 0.2) is 54.6 Å². The van der Waals surface area contributed by atoms with E-state index < -0.39 is 0 Å². The Balaban J connectivity index is 1.69. The van der Waals surface area contributed by atoms with Gasteiger partial charge in [0.15, 0.2) is 0 Å². The van der Waals surface area contributed by atoms with Crippen molar-refractivity contribution in [1.82, 2.24) is 5.32 Å². The predicted octanol–water partition coefficient (Wildman–Crippen LogP) is 3.07. The maximum absolute atomic E-state index is 5.34. The van der Waals surface area contributed by atoms with Gasteiger partial charge in [0.2, 0.25) is 0 Å². The number of methoxy groups -OCH3 is 1. The van der Waals surface area contributed by atoms with Crippen LogP contribution >= 0.6 is 0 Å². The average Bonchev–Trinajstić information content (AvgIpc) is 2.48. The van der Waals surface area contributed by atoms with Crippen LogP contribution in [-0.2, 0) is 12.8 Å². The van der Waals surface area contributed by atoms with Gasteiger partial charge in [0.05, 0.1) is 7.11 Å². The highest BCUT2D eigenvalue weighted by molar-refractivity contribution is 5.33. The summed E-state index contributed by atoms with van der Waals surface area (Å²) in [5, 5.41) is 3.48. The third-order valence-corrected chi connectivity index (χ3v) is 3.20. The van der Waals surface area contributed by atoms with E-state index in [1.807, 2.05) is 12.1 Å². The van der Waals surface area contributed by atoms with E-state index in [0.717, 1.165) is 31.7 Å². The predicted molar refractivity (Wildman–Crippen MR) is 79.7 cm³/mol. The summed E-state index contributed by atoms with van der Waals surface area (Å²) in [5.74, 6) is 0.979. The fourth-order valence-corrected chi connectivity index (χ4v) is 2.13. The van der Waals surface area contributed by atoms with Gasteiger partial charge in [0.25, 0.3) is 0 Å². The summed E-state index contributed by atoms with van der Waals surface area (Å²) in [5.41, 5.74) is 2.64. The molecule has 0 heterocycles. The van der Waals surface area contributed by atoms with Gasteiger partial charge in [-0.1, -0.05) is 48.5 Å². The largest absolute Gasteiger partial charge is 0.496 e. The first kappa shape index (κ1) is 13.6. The molecule has 0 bridgehead atoms. The van der Waals surface area contributed by atoms with E-state index in [0.29, 0.717) is 0 Å². The van der Waals surface area contributed by atoms with Crippen LogP contribution in [0.1, 0.15) is 11.1 Å². The molecule has 0 amide bonds. The fourth-order valence-electron chi connectivity index (χ4n) is 2.13. The number of nitrogens with one attached hydrogen (secondary N) is 1. The Morgan fingerprint density at radius 1 is 0.842 bits per heavy atom. The quantitative estimate of drug-likeness (QED) is 0.768. The maximum Gasteiger partial charge on any atom is 0.122 e. The zero-order valence-electron chi connectivity index (χ0n) is 11.4. The van der Waals surface area contributed by atoms with Crippen LogP contribution in [-0.4, -0.2) is 20.2 Å². The molecule has 0 aliphatic heterocycles. The van der Waals surface area contributed by atoms with E-state index in [-0.39, 0.29) is 0 Å². The first-order chi connectivity index (χ1) is 9.40. The van der Waals surface area contributed by atoms with Crippen molar-refractivity contribution in [2.45, 2.75) is 12.8 Å². The Bertz CT molecular complexity index is 482. The Morgan fingerprint density at radius 2 is 1.53 bits per heavy atom. The summed E-state index contributed by atoms with van der Waals surface area (Å²) < 4.78 is 5.34. The van der Waals surface area contributed by atoms with Gasteiger partial charge in [0, 0.05) is 0 Å². The molecule has 0 saturated heterocycles. The van der Waals surface area contributed by atoms with Gasteiger partial charge in [-0.3, -0.25) is 0 Å². The van der Waals surface area contributed by atoms with Gasteiger partial charge >= 0.3 is 0 Å². The number of benzene rings is 2. The van der Waals surface area contributed by atoms with E-state index in [4.69, 9.17) is 4.74 Å². The molecule has 2 heteroatoms. The Hall–Kier alpha value is -1.80. The molecule has 0 aliphatic carbocycles. The summed E-state index contributed by atoms with van der Waals surface area (Å²) in [7, 11) is 1.72. The maximum atomic E-state index is 5.34. The molecular weight excluding hydrogens is 234 g/mol. The molecule has 0 aromatic heterocycles. The monoisotopic (exact) mass is 255 g/mol. The Labute approximate surface area is 115 Å². The zero-order valence-corrected chi connectivity index (χ0v) is 11.4. The molecule has 0 fully saturated rings. The molecule has 0 aliphatic rings. The lowest BCUT2D eigenvalue weighted by Crippen LogP contribution is -2.20. The summed E-state index contributed by atoms with van der Waals surface area (Å²) >= 11 is 0. The standard InChI is InChI=1S/C17H21NO/c1-19-17-10-6-5-9-16(17)12-14-18-13-11-15-7-3-2-4-8-15/h2-10,18H,11-14H2,1H3. The lowest BCUT2D eigenvalue weighted by atomic mass is 10.1. The minimum absolute atomic E-state index is 0.979.